The van der Waals surface area contributed by atoms with E-state index in [0.29, 0.717) is 12.1 Å². The fourth-order valence-corrected chi connectivity index (χ4v) is 2.14. The van der Waals surface area contributed by atoms with Crippen LogP contribution in [0.25, 0.3) is 0 Å². The molecular formula is C14H32N2O2. The molecule has 0 aromatic rings. The average molecular weight is 260 g/mol. The second-order valence-electron chi connectivity index (χ2n) is 4.94. The Kier molecular flexibility index (Phi) is 11.8. The Bertz CT molecular complexity index is 179. The van der Waals surface area contributed by atoms with E-state index in [0.717, 1.165) is 32.8 Å². The number of ether oxygens (including phenoxy) is 2. The molecule has 0 bridgehead atoms. The van der Waals surface area contributed by atoms with Crippen LogP contribution >= 0.6 is 0 Å². The summed E-state index contributed by atoms with van der Waals surface area (Å²) in [5.41, 5.74) is 0. The molecular weight excluding hydrogens is 228 g/mol. The Morgan fingerprint density at radius 1 is 1.11 bits per heavy atom. The van der Waals surface area contributed by atoms with Gasteiger partial charge in [-0.25, -0.2) is 0 Å². The van der Waals surface area contributed by atoms with Crippen LogP contribution in [0, 0.1) is 0 Å². The van der Waals surface area contributed by atoms with Crippen LogP contribution in [0.2, 0.25) is 0 Å². The number of nitrogens with one attached hydrogen (secondary N) is 1. The first-order valence-electron chi connectivity index (χ1n) is 7.11. The maximum absolute atomic E-state index is 5.25. The van der Waals surface area contributed by atoms with Crippen molar-refractivity contribution in [3.8, 4) is 0 Å². The summed E-state index contributed by atoms with van der Waals surface area (Å²) in [6, 6.07) is 0.926. The SMILES string of the molecule is CCCCNCC(C)N(CCOC)C(C)COC. The van der Waals surface area contributed by atoms with Gasteiger partial charge in [-0.2, -0.15) is 0 Å². The summed E-state index contributed by atoms with van der Waals surface area (Å²) in [5, 5.41) is 3.52. The minimum Gasteiger partial charge on any atom is -0.383 e. The van der Waals surface area contributed by atoms with Gasteiger partial charge in [-0.3, -0.25) is 4.90 Å². The van der Waals surface area contributed by atoms with Gasteiger partial charge >= 0.3 is 0 Å². The topological polar surface area (TPSA) is 33.7 Å². The van der Waals surface area contributed by atoms with Crippen LogP contribution < -0.4 is 5.32 Å². The molecule has 2 unspecified atom stereocenters. The summed E-state index contributed by atoms with van der Waals surface area (Å²) in [6.07, 6.45) is 2.49. The van der Waals surface area contributed by atoms with Gasteiger partial charge in [-0.1, -0.05) is 13.3 Å². The molecule has 18 heavy (non-hydrogen) atoms. The van der Waals surface area contributed by atoms with Crippen LogP contribution in [0.1, 0.15) is 33.6 Å². The Morgan fingerprint density at radius 2 is 1.83 bits per heavy atom. The van der Waals surface area contributed by atoms with Crippen LogP contribution in [0.3, 0.4) is 0 Å². The zero-order valence-corrected chi connectivity index (χ0v) is 12.9. The van der Waals surface area contributed by atoms with E-state index in [-0.39, 0.29) is 0 Å². The van der Waals surface area contributed by atoms with Crippen molar-refractivity contribution in [2.45, 2.75) is 45.7 Å². The lowest BCUT2D eigenvalue weighted by atomic mass is 10.2. The monoisotopic (exact) mass is 260 g/mol. The molecule has 0 aliphatic heterocycles. The van der Waals surface area contributed by atoms with Gasteiger partial charge in [0.05, 0.1) is 13.2 Å². The van der Waals surface area contributed by atoms with Crippen LogP contribution in [-0.2, 0) is 9.47 Å². The van der Waals surface area contributed by atoms with Crippen LogP contribution in [0.4, 0.5) is 0 Å². The van der Waals surface area contributed by atoms with Gasteiger partial charge in [0.1, 0.15) is 0 Å². The molecule has 4 nitrogen and oxygen atoms in total. The molecule has 0 radical (unpaired) electrons. The Morgan fingerprint density at radius 3 is 2.39 bits per heavy atom. The number of hydrogen-bond acceptors (Lipinski definition) is 4. The maximum atomic E-state index is 5.25. The predicted octanol–water partition coefficient (Wildman–Crippen LogP) is 1.75. The second kappa shape index (κ2) is 11.9. The fourth-order valence-electron chi connectivity index (χ4n) is 2.14. The highest BCUT2D eigenvalue weighted by Crippen LogP contribution is 2.06. The third-order valence-corrected chi connectivity index (χ3v) is 3.24. The van der Waals surface area contributed by atoms with E-state index in [1.807, 2.05) is 0 Å². The third-order valence-electron chi connectivity index (χ3n) is 3.24. The first kappa shape index (κ1) is 17.8. The summed E-state index contributed by atoms with van der Waals surface area (Å²) < 4.78 is 10.4. The van der Waals surface area contributed by atoms with Gasteiger partial charge < -0.3 is 14.8 Å². The van der Waals surface area contributed by atoms with E-state index in [4.69, 9.17) is 9.47 Å². The smallest absolute Gasteiger partial charge is 0.0615 e. The summed E-state index contributed by atoms with van der Waals surface area (Å²) in [5.74, 6) is 0. The number of hydrogen-bond donors (Lipinski definition) is 1. The van der Waals surface area contributed by atoms with Crippen molar-refractivity contribution >= 4 is 0 Å². The highest BCUT2D eigenvalue weighted by Gasteiger charge is 2.19. The largest absolute Gasteiger partial charge is 0.383 e. The standard InChI is InChI=1S/C14H32N2O2/c1-6-7-8-15-11-13(2)16(9-10-17-4)14(3)12-18-5/h13-15H,6-12H2,1-5H3. The normalized spacial score (nSPS) is 15.0. The van der Waals surface area contributed by atoms with Crippen molar-refractivity contribution in [1.82, 2.24) is 10.2 Å². The van der Waals surface area contributed by atoms with Crippen molar-refractivity contribution in [3.05, 3.63) is 0 Å². The van der Waals surface area contributed by atoms with Crippen LogP contribution in [0.5, 0.6) is 0 Å². The minimum absolute atomic E-state index is 0.424. The van der Waals surface area contributed by atoms with Crippen molar-refractivity contribution in [3.63, 3.8) is 0 Å². The third kappa shape index (κ3) is 8.03. The second-order valence-corrected chi connectivity index (χ2v) is 4.94. The van der Waals surface area contributed by atoms with E-state index in [2.05, 4.69) is 31.0 Å². The van der Waals surface area contributed by atoms with Crippen molar-refractivity contribution in [1.29, 1.82) is 0 Å². The highest BCUT2D eigenvalue weighted by molar-refractivity contribution is 4.75. The minimum atomic E-state index is 0.424. The van der Waals surface area contributed by atoms with Gasteiger partial charge in [-0.05, 0) is 26.8 Å². The molecule has 0 heterocycles. The predicted molar refractivity (Wildman–Crippen MR) is 77.2 cm³/mol. The molecule has 0 aromatic heterocycles. The average Bonchev–Trinajstić information content (AvgIpc) is 2.35. The Hall–Kier alpha value is -0.160. The molecule has 0 saturated carbocycles. The number of methoxy groups -OCH3 is 2. The van der Waals surface area contributed by atoms with Gasteiger partial charge in [0, 0.05) is 39.4 Å². The molecule has 0 fully saturated rings. The van der Waals surface area contributed by atoms with Gasteiger partial charge in [0.15, 0.2) is 0 Å². The molecule has 4 heteroatoms. The summed E-state index contributed by atoms with van der Waals surface area (Å²) >= 11 is 0. The molecule has 0 saturated heterocycles. The quantitative estimate of drug-likeness (QED) is 0.542. The molecule has 0 aromatic carbocycles. The number of rotatable bonds is 12. The molecule has 1 N–H and O–H groups in total. The zero-order valence-electron chi connectivity index (χ0n) is 12.9. The molecule has 0 rings (SSSR count). The first-order valence-corrected chi connectivity index (χ1v) is 7.11. The molecule has 0 spiro atoms. The van der Waals surface area contributed by atoms with E-state index >= 15 is 0 Å². The summed E-state index contributed by atoms with van der Waals surface area (Å²) in [7, 11) is 3.51. The molecule has 2 atom stereocenters. The summed E-state index contributed by atoms with van der Waals surface area (Å²) in [4.78, 5) is 2.45. The van der Waals surface area contributed by atoms with Crippen LogP contribution in [0.15, 0.2) is 0 Å². The van der Waals surface area contributed by atoms with E-state index < -0.39 is 0 Å². The Labute approximate surface area is 113 Å². The summed E-state index contributed by atoms with van der Waals surface area (Å²) in [6.45, 7) is 11.3. The van der Waals surface area contributed by atoms with Crippen molar-refractivity contribution in [2.75, 3.05) is 47.1 Å². The van der Waals surface area contributed by atoms with Gasteiger partial charge in [0.25, 0.3) is 0 Å². The first-order chi connectivity index (χ1) is 8.67. The van der Waals surface area contributed by atoms with E-state index in [1.54, 1.807) is 14.2 Å². The van der Waals surface area contributed by atoms with Gasteiger partial charge in [0.2, 0.25) is 0 Å². The molecule has 0 aliphatic rings. The van der Waals surface area contributed by atoms with Crippen LogP contribution in [-0.4, -0.2) is 64.1 Å². The molecule has 0 aliphatic carbocycles. The number of unbranched alkanes of at least 4 members (excludes halogenated alkanes) is 1. The number of nitrogens with zero attached hydrogens (tertiary/aromatic N) is 1. The lowest BCUT2D eigenvalue weighted by molar-refractivity contribution is 0.0517. The maximum Gasteiger partial charge on any atom is 0.0615 e. The fraction of sp³-hybridized carbons (Fsp3) is 1.00. The van der Waals surface area contributed by atoms with Crippen molar-refractivity contribution < 1.29 is 9.47 Å². The Balaban J connectivity index is 4.08. The lowest BCUT2D eigenvalue weighted by Gasteiger charge is -2.34. The molecule has 110 valence electrons. The highest BCUT2D eigenvalue weighted by atomic mass is 16.5. The van der Waals surface area contributed by atoms with Crippen molar-refractivity contribution in [2.24, 2.45) is 0 Å². The molecule has 0 amide bonds. The van der Waals surface area contributed by atoms with E-state index in [9.17, 15) is 0 Å². The van der Waals surface area contributed by atoms with E-state index in [1.165, 1.54) is 12.8 Å². The zero-order chi connectivity index (χ0) is 13.8. The lowest BCUT2D eigenvalue weighted by Crippen LogP contribution is -2.48. The van der Waals surface area contributed by atoms with Gasteiger partial charge in [-0.15, -0.1) is 0 Å².